The molecule has 0 bridgehead atoms. The zero-order chi connectivity index (χ0) is 15.8. The molecule has 0 saturated carbocycles. The third kappa shape index (κ3) is 4.81. The number of nitrogens with one attached hydrogen (secondary N) is 1. The monoisotopic (exact) mass is 299 g/mol. The highest BCUT2D eigenvalue weighted by Gasteiger charge is 2.04. The second-order valence-electron chi connectivity index (χ2n) is 4.88. The zero-order valence-electron chi connectivity index (χ0n) is 13.0. The molecule has 0 spiro atoms. The summed E-state index contributed by atoms with van der Waals surface area (Å²) in [7, 11) is 0. The van der Waals surface area contributed by atoms with Crippen LogP contribution in [0.5, 0.6) is 11.5 Å². The van der Waals surface area contributed by atoms with E-state index in [1.54, 1.807) is 6.07 Å². The van der Waals surface area contributed by atoms with E-state index >= 15 is 0 Å². The second kappa shape index (κ2) is 8.08. The fourth-order valence-electron chi connectivity index (χ4n) is 2.02. The van der Waals surface area contributed by atoms with Gasteiger partial charge in [-0.15, -0.1) is 0 Å². The maximum Gasteiger partial charge on any atom is 0.251 e. The van der Waals surface area contributed by atoms with Gasteiger partial charge in [0, 0.05) is 5.56 Å². The molecule has 0 aliphatic heterocycles. The van der Waals surface area contributed by atoms with Crippen molar-refractivity contribution >= 4 is 5.91 Å². The lowest BCUT2D eigenvalue weighted by molar-refractivity contribution is 0.0947. The predicted octanol–water partition coefficient (Wildman–Crippen LogP) is 3.20. The number of amides is 1. The van der Waals surface area contributed by atoms with Gasteiger partial charge in [-0.05, 0) is 50.2 Å². The first-order chi connectivity index (χ1) is 10.7. The number of benzene rings is 2. The summed E-state index contributed by atoms with van der Waals surface area (Å²) in [5, 5.41) is 2.84. The van der Waals surface area contributed by atoms with Gasteiger partial charge in [0.15, 0.2) is 0 Å². The molecule has 22 heavy (non-hydrogen) atoms. The number of hydrogen-bond donors (Lipinski definition) is 1. The summed E-state index contributed by atoms with van der Waals surface area (Å²) in [6, 6.07) is 14.9. The van der Waals surface area contributed by atoms with Crippen molar-refractivity contribution in [2.24, 2.45) is 0 Å². The van der Waals surface area contributed by atoms with Crippen LogP contribution in [0.1, 0.15) is 22.8 Å². The molecule has 1 amide bonds. The lowest BCUT2D eigenvalue weighted by Crippen LogP contribution is -2.28. The van der Waals surface area contributed by atoms with Gasteiger partial charge in [-0.25, -0.2) is 0 Å². The molecule has 0 aliphatic carbocycles. The molecular weight excluding hydrogens is 278 g/mol. The second-order valence-corrected chi connectivity index (χ2v) is 4.88. The number of aryl methyl sites for hydroxylation is 1. The quantitative estimate of drug-likeness (QED) is 0.799. The molecule has 2 aromatic rings. The molecule has 0 aromatic heterocycles. The van der Waals surface area contributed by atoms with Crippen molar-refractivity contribution in [2.75, 3.05) is 19.8 Å². The topological polar surface area (TPSA) is 47.6 Å². The normalized spacial score (nSPS) is 10.1. The molecule has 0 unspecified atom stereocenters. The average molecular weight is 299 g/mol. The molecule has 0 saturated heterocycles. The Morgan fingerprint density at radius 2 is 1.73 bits per heavy atom. The Balaban J connectivity index is 1.73. The van der Waals surface area contributed by atoms with Crippen molar-refractivity contribution in [1.29, 1.82) is 0 Å². The van der Waals surface area contributed by atoms with Gasteiger partial charge < -0.3 is 14.8 Å². The predicted molar refractivity (Wildman–Crippen MR) is 86.6 cm³/mol. The van der Waals surface area contributed by atoms with Crippen LogP contribution in [0.25, 0.3) is 0 Å². The Morgan fingerprint density at radius 3 is 2.36 bits per heavy atom. The van der Waals surface area contributed by atoms with E-state index in [2.05, 4.69) is 5.32 Å². The summed E-state index contributed by atoms with van der Waals surface area (Å²) in [4.78, 5) is 11.9. The van der Waals surface area contributed by atoms with Gasteiger partial charge >= 0.3 is 0 Å². The average Bonchev–Trinajstić information content (AvgIpc) is 2.53. The fourth-order valence-corrected chi connectivity index (χ4v) is 2.02. The molecule has 0 fully saturated rings. The van der Waals surface area contributed by atoms with Crippen molar-refractivity contribution in [2.45, 2.75) is 13.8 Å². The Morgan fingerprint density at radius 1 is 1.05 bits per heavy atom. The number of rotatable bonds is 7. The lowest BCUT2D eigenvalue weighted by Gasteiger charge is -2.09. The highest BCUT2D eigenvalue weighted by Crippen LogP contribution is 2.17. The minimum atomic E-state index is -0.0843. The standard InChI is InChI=1S/C18H21NO3/c1-3-21-16-7-9-17(10-8-16)22-12-11-19-18(20)15-6-4-5-14(2)13-15/h4-10,13H,3,11-12H2,1-2H3,(H,19,20). The van der Waals surface area contributed by atoms with Crippen LogP contribution < -0.4 is 14.8 Å². The van der Waals surface area contributed by atoms with Gasteiger partial charge in [-0.3, -0.25) is 4.79 Å². The van der Waals surface area contributed by atoms with Gasteiger partial charge in [0.05, 0.1) is 13.2 Å². The molecule has 0 heterocycles. The van der Waals surface area contributed by atoms with Crippen LogP contribution in [0.4, 0.5) is 0 Å². The third-order valence-corrected chi connectivity index (χ3v) is 3.07. The van der Waals surface area contributed by atoms with E-state index in [0.29, 0.717) is 25.3 Å². The highest BCUT2D eigenvalue weighted by molar-refractivity contribution is 5.94. The van der Waals surface area contributed by atoms with Crippen molar-refractivity contribution in [3.8, 4) is 11.5 Å². The minimum absolute atomic E-state index is 0.0843. The first-order valence-electron chi connectivity index (χ1n) is 7.39. The van der Waals surface area contributed by atoms with Gasteiger partial charge in [0.1, 0.15) is 18.1 Å². The van der Waals surface area contributed by atoms with E-state index in [1.807, 2.05) is 56.3 Å². The van der Waals surface area contributed by atoms with Gasteiger partial charge in [-0.1, -0.05) is 17.7 Å². The first-order valence-corrected chi connectivity index (χ1v) is 7.39. The van der Waals surface area contributed by atoms with Crippen LogP contribution in [-0.2, 0) is 0 Å². The van der Waals surface area contributed by atoms with Crippen LogP contribution in [0, 0.1) is 6.92 Å². The fraction of sp³-hybridized carbons (Fsp3) is 0.278. The molecule has 4 nitrogen and oxygen atoms in total. The Kier molecular flexibility index (Phi) is 5.83. The molecule has 4 heteroatoms. The van der Waals surface area contributed by atoms with Crippen LogP contribution in [-0.4, -0.2) is 25.7 Å². The molecule has 2 rings (SSSR count). The molecule has 2 aromatic carbocycles. The summed E-state index contributed by atoms with van der Waals surface area (Å²) >= 11 is 0. The van der Waals surface area contributed by atoms with E-state index < -0.39 is 0 Å². The molecule has 0 radical (unpaired) electrons. The summed E-state index contributed by atoms with van der Waals surface area (Å²) in [6.07, 6.45) is 0. The van der Waals surface area contributed by atoms with Crippen LogP contribution in [0.15, 0.2) is 48.5 Å². The molecular formula is C18H21NO3. The summed E-state index contributed by atoms with van der Waals surface area (Å²) in [5.74, 6) is 1.50. The number of ether oxygens (including phenoxy) is 2. The van der Waals surface area contributed by atoms with Crippen LogP contribution in [0.2, 0.25) is 0 Å². The first kappa shape index (κ1) is 15.9. The number of carbonyl (C=O) groups is 1. The number of carbonyl (C=O) groups excluding carboxylic acids is 1. The van der Waals surface area contributed by atoms with Crippen LogP contribution in [0.3, 0.4) is 0 Å². The van der Waals surface area contributed by atoms with Crippen LogP contribution >= 0.6 is 0 Å². The van der Waals surface area contributed by atoms with E-state index in [0.717, 1.165) is 17.1 Å². The maximum atomic E-state index is 11.9. The van der Waals surface area contributed by atoms with Gasteiger partial charge in [0.2, 0.25) is 0 Å². The zero-order valence-corrected chi connectivity index (χ0v) is 13.0. The molecule has 1 N–H and O–H groups in total. The van der Waals surface area contributed by atoms with Crippen molar-refractivity contribution in [1.82, 2.24) is 5.32 Å². The Labute approximate surface area is 131 Å². The minimum Gasteiger partial charge on any atom is -0.494 e. The summed E-state index contributed by atoms with van der Waals surface area (Å²) < 4.78 is 10.9. The maximum absolute atomic E-state index is 11.9. The highest BCUT2D eigenvalue weighted by atomic mass is 16.5. The number of hydrogen-bond acceptors (Lipinski definition) is 3. The van der Waals surface area contributed by atoms with Gasteiger partial charge in [-0.2, -0.15) is 0 Å². The lowest BCUT2D eigenvalue weighted by atomic mass is 10.1. The SMILES string of the molecule is CCOc1ccc(OCCNC(=O)c2cccc(C)c2)cc1. The van der Waals surface area contributed by atoms with Crippen molar-refractivity contribution in [3.63, 3.8) is 0 Å². The smallest absolute Gasteiger partial charge is 0.251 e. The summed E-state index contributed by atoms with van der Waals surface area (Å²) in [6.45, 7) is 5.43. The van der Waals surface area contributed by atoms with Gasteiger partial charge in [0.25, 0.3) is 5.91 Å². The molecule has 116 valence electrons. The van der Waals surface area contributed by atoms with E-state index in [9.17, 15) is 4.79 Å². The Bertz CT molecular complexity index is 608. The van der Waals surface area contributed by atoms with E-state index in [4.69, 9.17) is 9.47 Å². The third-order valence-electron chi connectivity index (χ3n) is 3.07. The van der Waals surface area contributed by atoms with Crippen molar-refractivity contribution in [3.05, 3.63) is 59.7 Å². The largest absolute Gasteiger partial charge is 0.494 e. The molecule has 0 aliphatic rings. The van der Waals surface area contributed by atoms with Crippen molar-refractivity contribution < 1.29 is 14.3 Å². The summed E-state index contributed by atoms with van der Waals surface area (Å²) in [5.41, 5.74) is 1.74. The molecule has 0 atom stereocenters. The van der Waals surface area contributed by atoms with E-state index in [-0.39, 0.29) is 5.91 Å². The van der Waals surface area contributed by atoms with E-state index in [1.165, 1.54) is 0 Å². The Hall–Kier alpha value is -2.49.